The summed E-state index contributed by atoms with van der Waals surface area (Å²) in [5.74, 6) is -0.452. The summed E-state index contributed by atoms with van der Waals surface area (Å²) in [6.07, 6.45) is 0.172. The molecule has 15 heavy (non-hydrogen) atoms. The normalized spacial score (nSPS) is 23.7. The quantitative estimate of drug-likeness (QED) is 0.720. The molecule has 4 nitrogen and oxygen atoms in total. The van der Waals surface area contributed by atoms with Gasteiger partial charge in [0, 0.05) is 0 Å². The average Bonchev–Trinajstić information content (AvgIpc) is 2.98. The van der Waals surface area contributed by atoms with Gasteiger partial charge in [-0.05, 0) is 5.56 Å². The van der Waals surface area contributed by atoms with Crippen LogP contribution >= 0.6 is 0 Å². The van der Waals surface area contributed by atoms with Crippen LogP contribution in [0.5, 0.6) is 0 Å². The minimum absolute atomic E-state index is 0.0403. The molecule has 0 aromatic heterocycles. The van der Waals surface area contributed by atoms with Gasteiger partial charge in [0.2, 0.25) is 5.91 Å². The van der Waals surface area contributed by atoms with Gasteiger partial charge in [-0.15, -0.1) is 0 Å². The molecule has 4 heteroatoms. The van der Waals surface area contributed by atoms with Gasteiger partial charge in [0.05, 0.1) is 6.61 Å². The molecule has 2 atom stereocenters. The van der Waals surface area contributed by atoms with Crippen LogP contribution in [0.25, 0.3) is 0 Å². The van der Waals surface area contributed by atoms with Crippen LogP contribution in [0.2, 0.25) is 0 Å². The average molecular weight is 207 g/mol. The summed E-state index contributed by atoms with van der Waals surface area (Å²) in [4.78, 5) is 10.4. The first-order valence-corrected chi connectivity index (χ1v) is 4.84. The second kappa shape index (κ2) is 4.42. The zero-order chi connectivity index (χ0) is 10.7. The third-order valence-corrected chi connectivity index (χ3v) is 2.24. The van der Waals surface area contributed by atoms with E-state index in [2.05, 4.69) is 0 Å². The van der Waals surface area contributed by atoms with E-state index in [4.69, 9.17) is 15.2 Å². The van der Waals surface area contributed by atoms with Crippen molar-refractivity contribution in [2.75, 3.05) is 13.2 Å². The summed E-state index contributed by atoms with van der Waals surface area (Å²) in [6, 6.07) is 9.93. The topological polar surface area (TPSA) is 64.9 Å². The van der Waals surface area contributed by atoms with E-state index in [1.807, 2.05) is 30.3 Å². The number of amides is 1. The maximum absolute atomic E-state index is 10.4. The fraction of sp³-hybridized carbons (Fsp3) is 0.364. The molecule has 1 saturated heterocycles. The van der Waals surface area contributed by atoms with Gasteiger partial charge in [0.25, 0.3) is 0 Å². The number of hydrogen-bond donors (Lipinski definition) is 1. The van der Waals surface area contributed by atoms with Gasteiger partial charge >= 0.3 is 0 Å². The lowest BCUT2D eigenvalue weighted by atomic mass is 10.1. The molecule has 1 aliphatic rings. The Labute approximate surface area is 88.0 Å². The van der Waals surface area contributed by atoms with Crippen LogP contribution in [0, 0.1) is 0 Å². The van der Waals surface area contributed by atoms with Gasteiger partial charge in [-0.1, -0.05) is 30.3 Å². The van der Waals surface area contributed by atoms with Crippen molar-refractivity contribution < 1.29 is 14.3 Å². The van der Waals surface area contributed by atoms with E-state index in [1.165, 1.54) is 0 Å². The van der Waals surface area contributed by atoms with Gasteiger partial charge in [-0.25, -0.2) is 0 Å². The number of carbonyl (C=O) groups is 1. The highest BCUT2D eigenvalue weighted by atomic mass is 16.6. The molecule has 0 spiro atoms. The second-order valence-electron chi connectivity index (χ2n) is 3.49. The number of hydrogen-bond acceptors (Lipinski definition) is 3. The highest BCUT2D eigenvalue weighted by Crippen LogP contribution is 2.38. The molecule has 0 aliphatic carbocycles. The molecule has 0 bridgehead atoms. The van der Waals surface area contributed by atoms with E-state index in [1.54, 1.807) is 0 Å². The molecular formula is C11H13NO3. The smallest absolute Gasteiger partial charge is 0.243 e. The molecule has 1 aromatic carbocycles. The molecular weight excluding hydrogens is 194 g/mol. The first kappa shape index (κ1) is 10.1. The summed E-state index contributed by atoms with van der Waals surface area (Å²) in [5, 5.41) is 0. The molecule has 1 fully saturated rings. The van der Waals surface area contributed by atoms with E-state index in [0.717, 1.165) is 5.56 Å². The highest BCUT2D eigenvalue weighted by molar-refractivity contribution is 5.74. The maximum atomic E-state index is 10.4. The summed E-state index contributed by atoms with van der Waals surface area (Å²) in [5.41, 5.74) is 6.08. The van der Waals surface area contributed by atoms with E-state index in [0.29, 0.717) is 6.61 Å². The van der Waals surface area contributed by atoms with Gasteiger partial charge in [0.1, 0.15) is 18.8 Å². The zero-order valence-corrected chi connectivity index (χ0v) is 8.26. The van der Waals surface area contributed by atoms with Crippen molar-refractivity contribution in [2.45, 2.75) is 12.2 Å². The number of nitrogens with two attached hydrogens (primary N) is 1. The Bertz CT molecular complexity index is 339. The Balaban J connectivity index is 1.75. The molecule has 0 saturated carbocycles. The maximum Gasteiger partial charge on any atom is 0.243 e. The Morgan fingerprint density at radius 1 is 1.40 bits per heavy atom. The Morgan fingerprint density at radius 3 is 2.80 bits per heavy atom. The van der Waals surface area contributed by atoms with Crippen molar-refractivity contribution >= 4 is 5.91 Å². The Morgan fingerprint density at radius 2 is 2.13 bits per heavy atom. The number of epoxide rings is 1. The summed E-state index contributed by atoms with van der Waals surface area (Å²) in [7, 11) is 0. The molecule has 1 heterocycles. The molecule has 1 aliphatic heterocycles. The number of carbonyl (C=O) groups excluding carboxylic acids is 1. The number of rotatable bonds is 5. The van der Waals surface area contributed by atoms with Crippen LogP contribution in [0.1, 0.15) is 11.7 Å². The minimum Gasteiger partial charge on any atom is -0.369 e. The number of benzene rings is 1. The molecule has 2 rings (SSSR count). The van der Waals surface area contributed by atoms with Crippen LogP contribution in [-0.2, 0) is 14.3 Å². The third kappa shape index (κ3) is 2.78. The van der Waals surface area contributed by atoms with E-state index < -0.39 is 5.91 Å². The van der Waals surface area contributed by atoms with Crippen molar-refractivity contribution in [3.8, 4) is 0 Å². The first-order chi connectivity index (χ1) is 7.27. The predicted octanol–water partition coefficient (Wildman–Crippen LogP) is 0.628. The van der Waals surface area contributed by atoms with Gasteiger partial charge < -0.3 is 15.2 Å². The van der Waals surface area contributed by atoms with Crippen molar-refractivity contribution in [2.24, 2.45) is 5.73 Å². The SMILES string of the molecule is NC(=O)COC[C@@H]1OC1c1ccccc1. The summed E-state index contributed by atoms with van der Waals surface area (Å²) < 4.78 is 10.5. The minimum atomic E-state index is -0.452. The Hall–Kier alpha value is -1.39. The summed E-state index contributed by atoms with van der Waals surface area (Å²) >= 11 is 0. The first-order valence-electron chi connectivity index (χ1n) is 4.84. The third-order valence-electron chi connectivity index (χ3n) is 2.24. The van der Waals surface area contributed by atoms with Crippen LogP contribution in [0.3, 0.4) is 0 Å². The number of primary amides is 1. The fourth-order valence-electron chi connectivity index (χ4n) is 1.48. The van der Waals surface area contributed by atoms with Crippen LogP contribution in [0.4, 0.5) is 0 Å². The Kier molecular flexibility index (Phi) is 2.99. The lowest BCUT2D eigenvalue weighted by Gasteiger charge is -1.97. The van der Waals surface area contributed by atoms with Gasteiger partial charge in [0.15, 0.2) is 0 Å². The summed E-state index contributed by atoms with van der Waals surface area (Å²) in [6.45, 7) is 0.379. The van der Waals surface area contributed by atoms with Crippen LogP contribution in [0.15, 0.2) is 30.3 Å². The monoisotopic (exact) mass is 207 g/mol. The van der Waals surface area contributed by atoms with Crippen LogP contribution in [-0.4, -0.2) is 25.2 Å². The number of ether oxygens (including phenoxy) is 2. The van der Waals surface area contributed by atoms with Crippen molar-refractivity contribution in [3.05, 3.63) is 35.9 Å². The van der Waals surface area contributed by atoms with Crippen LogP contribution < -0.4 is 5.73 Å². The van der Waals surface area contributed by atoms with Crippen molar-refractivity contribution in [1.29, 1.82) is 0 Å². The van der Waals surface area contributed by atoms with E-state index >= 15 is 0 Å². The van der Waals surface area contributed by atoms with Crippen molar-refractivity contribution in [3.63, 3.8) is 0 Å². The molecule has 80 valence electrons. The second-order valence-corrected chi connectivity index (χ2v) is 3.49. The van der Waals surface area contributed by atoms with Gasteiger partial charge in [-0.2, -0.15) is 0 Å². The molecule has 1 aromatic rings. The lowest BCUT2D eigenvalue weighted by Crippen LogP contribution is -2.19. The standard InChI is InChI=1S/C11H13NO3/c12-10(13)7-14-6-9-11(15-9)8-4-2-1-3-5-8/h1-5,9,11H,6-7H2,(H2,12,13)/t9-,11?/m0/s1. The molecule has 1 amide bonds. The highest BCUT2D eigenvalue weighted by Gasteiger charge is 2.40. The van der Waals surface area contributed by atoms with E-state index in [9.17, 15) is 4.79 Å². The lowest BCUT2D eigenvalue weighted by molar-refractivity contribution is -0.122. The largest absolute Gasteiger partial charge is 0.369 e. The predicted molar refractivity (Wildman–Crippen MR) is 54.1 cm³/mol. The van der Waals surface area contributed by atoms with E-state index in [-0.39, 0.29) is 18.8 Å². The fourth-order valence-corrected chi connectivity index (χ4v) is 1.48. The zero-order valence-electron chi connectivity index (χ0n) is 8.26. The molecule has 1 unspecified atom stereocenters. The van der Waals surface area contributed by atoms with Gasteiger partial charge in [-0.3, -0.25) is 4.79 Å². The van der Waals surface area contributed by atoms with Crippen molar-refractivity contribution in [1.82, 2.24) is 0 Å². The molecule has 2 N–H and O–H groups in total. The molecule has 0 radical (unpaired) electrons.